The van der Waals surface area contributed by atoms with Crippen LogP contribution in [0.2, 0.25) is 15.1 Å². The fourth-order valence-corrected chi connectivity index (χ4v) is 8.03. The molecule has 6 rings (SSSR count). The Balaban J connectivity index is -0.000000922. The van der Waals surface area contributed by atoms with Gasteiger partial charge < -0.3 is 62.2 Å². The molecule has 0 saturated carbocycles. The Kier molecular flexibility index (Phi) is 36.6. The van der Waals surface area contributed by atoms with Crippen LogP contribution < -0.4 is 30.8 Å². The van der Waals surface area contributed by atoms with Gasteiger partial charge in [0.25, 0.3) is 11.1 Å². The van der Waals surface area contributed by atoms with E-state index in [0.29, 0.717) is 73.4 Å². The number of aldehydes is 3. The summed E-state index contributed by atoms with van der Waals surface area (Å²) >= 11 is 24.6. The lowest BCUT2D eigenvalue weighted by Gasteiger charge is -2.37. The number of rotatable bonds is 10. The summed E-state index contributed by atoms with van der Waals surface area (Å²) in [6.07, 6.45) is 3.19. The molecule has 1 fully saturated rings. The summed E-state index contributed by atoms with van der Waals surface area (Å²) in [4.78, 5) is 55.8. The Morgan fingerprint density at radius 2 is 0.949 bits per heavy atom. The molecule has 3 heterocycles. The third-order valence-electron chi connectivity index (χ3n) is 11.8. The predicted molar refractivity (Wildman–Crippen MR) is 352 cm³/mol. The number of pyridine rings is 2. The summed E-state index contributed by atoms with van der Waals surface area (Å²) in [5.41, 5.74) is 6.03. The molecule has 3 aromatic carbocycles. The number of aryl methyl sites for hydroxylation is 2. The average molecular weight is 1250 g/mol. The highest BCUT2D eigenvalue weighted by Gasteiger charge is 2.52. The molecule has 1 aliphatic rings. The molecule has 405 valence electrons. The number of hydrogen-bond acceptors (Lipinski definition) is 10. The quantitative estimate of drug-likeness (QED) is 0.101. The molecule has 5 aromatic rings. The van der Waals surface area contributed by atoms with Crippen LogP contribution in [0.5, 0.6) is 17.2 Å². The lowest BCUT2D eigenvalue weighted by molar-refractivity contribution is 0.00578. The zero-order chi connectivity index (χ0) is 58.9. The van der Waals surface area contributed by atoms with E-state index in [2.05, 4.69) is 31.9 Å². The van der Waals surface area contributed by atoms with Crippen molar-refractivity contribution in [3.8, 4) is 28.4 Å². The third-order valence-corrected chi connectivity index (χ3v) is 14.0. The summed E-state index contributed by atoms with van der Waals surface area (Å²) in [6, 6.07) is 10.2. The first kappa shape index (κ1) is 79.8. The summed E-state index contributed by atoms with van der Waals surface area (Å²) in [6.45, 7) is 15.4. The molecule has 2 aromatic heterocycles. The predicted octanol–water partition coefficient (Wildman–Crippen LogP) is 7.63. The Morgan fingerprint density at radius 1 is 0.595 bits per heavy atom. The second-order valence-electron chi connectivity index (χ2n) is 17.8. The van der Waals surface area contributed by atoms with Crippen LogP contribution in [0.15, 0.2) is 67.3 Å². The van der Waals surface area contributed by atoms with Gasteiger partial charge in [0, 0.05) is 52.1 Å². The van der Waals surface area contributed by atoms with Gasteiger partial charge >= 0.3 is 7.12 Å². The van der Waals surface area contributed by atoms with Crippen LogP contribution >= 0.6 is 66.7 Å². The van der Waals surface area contributed by atoms with Crippen molar-refractivity contribution in [2.24, 2.45) is 14.1 Å². The molecule has 0 bridgehead atoms. The Hall–Kier alpha value is -3.44. The van der Waals surface area contributed by atoms with Crippen molar-refractivity contribution in [3.05, 3.63) is 132 Å². The van der Waals surface area contributed by atoms with Gasteiger partial charge in [-0.3, -0.25) is 24.0 Å². The molecule has 79 heavy (non-hydrogen) atoms. The minimum absolute atomic E-state index is 0. The van der Waals surface area contributed by atoms with Crippen LogP contribution in [0.25, 0.3) is 11.1 Å². The number of benzene rings is 3. The second-order valence-corrected chi connectivity index (χ2v) is 20.8. The maximum atomic E-state index is 11.9. The number of carbonyl (C=O) groups excluding carboxylic acids is 3. The van der Waals surface area contributed by atoms with E-state index in [1.807, 2.05) is 48.5 Å². The highest BCUT2D eigenvalue weighted by Crippen LogP contribution is 2.38. The van der Waals surface area contributed by atoms with E-state index in [0.717, 1.165) is 42.2 Å². The fourth-order valence-electron chi connectivity index (χ4n) is 6.08. The lowest BCUT2D eigenvalue weighted by Crippen LogP contribution is -2.41. The molecular formula is C49H62B13Br2Cl3N2O10-3. The van der Waals surface area contributed by atoms with Crippen molar-refractivity contribution >= 4 is 186 Å². The Labute approximate surface area is 513 Å². The third kappa shape index (κ3) is 22.7. The van der Waals surface area contributed by atoms with E-state index in [-0.39, 0.29) is 33.4 Å². The van der Waals surface area contributed by atoms with Crippen molar-refractivity contribution in [2.75, 3.05) is 21.3 Å². The Bertz CT molecular complexity index is 2900. The zero-order valence-electron chi connectivity index (χ0n) is 44.7. The average Bonchev–Trinajstić information content (AvgIpc) is 3.58. The van der Waals surface area contributed by atoms with Gasteiger partial charge in [-0.05, 0) is 175 Å². The van der Waals surface area contributed by atoms with Crippen molar-refractivity contribution in [1.29, 1.82) is 0 Å². The molecule has 0 atom stereocenters. The summed E-state index contributed by atoms with van der Waals surface area (Å²) in [5.74, 6) is 1.31. The molecule has 1 aliphatic heterocycles. The summed E-state index contributed by atoms with van der Waals surface area (Å²) in [5, 5.41) is 1.03. The number of ether oxygens (including phenoxy) is 3. The molecule has 12 nitrogen and oxygen atoms in total. The van der Waals surface area contributed by atoms with Gasteiger partial charge in [-0.25, -0.2) is 6.39 Å². The van der Waals surface area contributed by atoms with Crippen LogP contribution in [0, 0.1) is 27.7 Å². The van der Waals surface area contributed by atoms with Gasteiger partial charge in [0.1, 0.15) is 17.2 Å². The SMILES string of the molecule is C.C.C.COc1cc(-c2cn(C)c(=O)c(C)c2C)cc(Cl)c1C=O.COc1cc(B2OC(C)(C)C(C)(C)O2)cc(Cl)c1C=O.COc1cc(Br)cc(Cl)c1C=O.Cc1c(Br)cn(C)c(=O)c1C.[B]B([B])B([B-])[B-].[B]B([B])B([B])[B-]. The normalized spacial score (nSPS) is 11.9. The molecule has 0 N–H and O–H groups in total. The first-order valence-corrected chi connectivity index (χ1v) is 25.4. The smallest absolute Gasteiger partial charge is 0.495 e. The van der Waals surface area contributed by atoms with E-state index in [1.165, 1.54) is 25.9 Å². The molecule has 1 saturated heterocycles. The first-order valence-electron chi connectivity index (χ1n) is 22.7. The molecular weight excluding hydrogens is 1180 g/mol. The van der Waals surface area contributed by atoms with E-state index < -0.39 is 43.9 Å². The fraction of sp³-hybridized carbons (Fsp3) is 0.367. The minimum atomic E-state index is -0.593. The van der Waals surface area contributed by atoms with Crippen LogP contribution in [0.3, 0.4) is 0 Å². The number of hydrogen-bond donors (Lipinski definition) is 0. The molecule has 0 unspecified atom stereocenters. The lowest BCUT2D eigenvalue weighted by atomic mass is 8.81. The van der Waals surface area contributed by atoms with Crippen LogP contribution in [0.1, 0.15) is 103 Å². The first-order chi connectivity index (χ1) is 35.1. The minimum Gasteiger partial charge on any atom is -0.729 e. The summed E-state index contributed by atoms with van der Waals surface area (Å²) in [7, 11) is 47.1. The topological polar surface area (TPSA) is 141 Å². The van der Waals surface area contributed by atoms with Gasteiger partial charge in [-0.15, -0.1) is 0 Å². The Morgan fingerprint density at radius 3 is 1.33 bits per heavy atom. The molecule has 30 heteroatoms. The van der Waals surface area contributed by atoms with Crippen molar-refractivity contribution < 1.29 is 37.9 Å². The molecule has 0 spiro atoms. The second kappa shape index (κ2) is 36.2. The van der Waals surface area contributed by atoms with Gasteiger partial charge in [0.2, 0.25) is 0 Å². The van der Waals surface area contributed by atoms with Crippen molar-refractivity contribution in [3.63, 3.8) is 0 Å². The maximum Gasteiger partial charge on any atom is 0.495 e. The number of nitrogens with zero attached hydrogens (tertiary/aromatic N) is 2. The van der Waals surface area contributed by atoms with Crippen LogP contribution in [-0.2, 0) is 23.4 Å². The number of carbonyl (C=O) groups is 3. The highest BCUT2D eigenvalue weighted by molar-refractivity contribution is 9.10. The van der Waals surface area contributed by atoms with Crippen molar-refractivity contribution in [1.82, 2.24) is 9.13 Å². The monoisotopic (exact) mass is 1240 g/mol. The van der Waals surface area contributed by atoms with Crippen LogP contribution in [0.4, 0.5) is 0 Å². The standard InChI is InChI=1S/C16H16ClNO3.C14H18BClO4.C8H6BrClO2.C8H10BrNO.3CH4.2B6/c1-9-10(2)16(20)18(3)7-12(9)11-5-14(17)13(8-19)15(6-11)21-4;1-13(2)14(3,4)20-15(19-13)9-6-11(16)10(8-17)12(7-9)18-5;1-12-8-3-5(9)2-7(10)6(8)4-11;1-5-6(2)8(11)10(3)4-7(5)9;;;;2*1-5(2)6(3)4/h5-8H,1-4H3;6-8H,1-5H3;2-4H,1H3;4H,1-3H3;3*1H4;;/q;;;;;;;-2;-1. The molecule has 0 aliphatic carbocycles. The van der Waals surface area contributed by atoms with Gasteiger partial charge in [-0.1, -0.05) is 79.4 Å². The van der Waals surface area contributed by atoms with E-state index in [4.69, 9.17) is 120 Å². The van der Waals surface area contributed by atoms with E-state index >= 15 is 0 Å². The van der Waals surface area contributed by atoms with Gasteiger partial charge in [-0.2, -0.15) is 0 Å². The van der Waals surface area contributed by atoms with Gasteiger partial charge in [0.05, 0.1) is 64.3 Å². The maximum absolute atomic E-state index is 11.9. The van der Waals surface area contributed by atoms with E-state index in [1.54, 1.807) is 74.4 Å². The highest BCUT2D eigenvalue weighted by atomic mass is 79.9. The number of halogens is 5. The molecule has 0 amide bonds. The largest absolute Gasteiger partial charge is 0.729 e. The van der Waals surface area contributed by atoms with E-state index in [9.17, 15) is 24.0 Å². The molecule has 19 radical (unpaired) electrons. The van der Waals surface area contributed by atoms with Gasteiger partial charge in [0.15, 0.2) is 18.9 Å². The summed E-state index contributed by atoms with van der Waals surface area (Å²) < 4.78 is 32.2. The number of methoxy groups -OCH3 is 3. The number of aromatic nitrogens is 2. The van der Waals surface area contributed by atoms with Crippen molar-refractivity contribution in [2.45, 2.75) is 88.9 Å². The van der Waals surface area contributed by atoms with Crippen LogP contribution in [-0.4, -0.2) is 155 Å². The zero-order valence-corrected chi connectivity index (χ0v) is 50.2.